The molecule has 0 atom stereocenters. The summed E-state index contributed by atoms with van der Waals surface area (Å²) >= 11 is 0. The second-order valence-electron chi connectivity index (χ2n) is 7.19. The Morgan fingerprint density at radius 2 is 1.50 bits per heavy atom. The smallest absolute Gasteiger partial charge is 0.282 e. The van der Waals surface area contributed by atoms with Gasteiger partial charge in [-0.3, -0.25) is 9.59 Å². The van der Waals surface area contributed by atoms with Gasteiger partial charge in [0, 0.05) is 12.7 Å². The number of amides is 2. The molecule has 0 aliphatic carbocycles. The molecule has 2 amide bonds. The predicted molar refractivity (Wildman–Crippen MR) is 125 cm³/mol. The molecule has 0 radical (unpaired) electrons. The summed E-state index contributed by atoms with van der Waals surface area (Å²) in [4.78, 5) is 30.3. The van der Waals surface area contributed by atoms with Crippen molar-refractivity contribution in [3.8, 4) is 11.5 Å². The van der Waals surface area contributed by atoms with Crippen molar-refractivity contribution in [3.05, 3.63) is 90.1 Å². The van der Waals surface area contributed by atoms with Crippen LogP contribution in [0.1, 0.15) is 12.5 Å². The van der Waals surface area contributed by atoms with Crippen molar-refractivity contribution in [2.24, 2.45) is 0 Å². The Bertz CT molecular complexity index is 1170. The first-order valence-corrected chi connectivity index (χ1v) is 10.3. The van der Waals surface area contributed by atoms with Gasteiger partial charge >= 0.3 is 0 Å². The van der Waals surface area contributed by atoms with E-state index in [4.69, 9.17) is 9.47 Å². The van der Waals surface area contributed by atoms with Crippen molar-refractivity contribution < 1.29 is 19.1 Å². The molecule has 0 N–H and O–H groups in total. The van der Waals surface area contributed by atoms with Crippen molar-refractivity contribution in [1.29, 1.82) is 0 Å². The summed E-state index contributed by atoms with van der Waals surface area (Å²) < 4.78 is 11.0. The highest BCUT2D eigenvalue weighted by Crippen LogP contribution is 2.39. The van der Waals surface area contributed by atoms with Gasteiger partial charge in [0.15, 0.2) is 0 Å². The fourth-order valence-corrected chi connectivity index (χ4v) is 3.79. The quantitative estimate of drug-likeness (QED) is 0.518. The lowest BCUT2D eigenvalue weighted by Gasteiger charge is -2.22. The summed E-state index contributed by atoms with van der Waals surface area (Å²) in [6.45, 7) is 2.46. The van der Waals surface area contributed by atoms with Gasteiger partial charge in [0.2, 0.25) is 0 Å². The van der Waals surface area contributed by atoms with E-state index in [-0.39, 0.29) is 0 Å². The number of carbonyl (C=O) groups excluding carboxylic acids is 2. The molecule has 6 heteroatoms. The molecule has 6 nitrogen and oxygen atoms in total. The number of benzene rings is 3. The van der Waals surface area contributed by atoms with E-state index in [0.29, 0.717) is 40.6 Å². The number of rotatable bonds is 7. The van der Waals surface area contributed by atoms with Crippen LogP contribution in [0.3, 0.4) is 0 Å². The zero-order valence-corrected chi connectivity index (χ0v) is 18.2. The minimum Gasteiger partial charge on any atom is -0.495 e. The van der Waals surface area contributed by atoms with Gasteiger partial charge < -0.3 is 14.4 Å². The first-order valence-electron chi connectivity index (χ1n) is 10.3. The number of para-hydroxylation sites is 3. The number of likely N-dealkylation sites (N-methyl/N-ethyl adjacent to an activating group) is 1. The van der Waals surface area contributed by atoms with Crippen LogP contribution in [-0.2, 0) is 9.59 Å². The van der Waals surface area contributed by atoms with Gasteiger partial charge in [-0.05, 0) is 48.9 Å². The lowest BCUT2D eigenvalue weighted by molar-refractivity contribution is -0.120. The number of hydrogen-bond acceptors (Lipinski definition) is 5. The van der Waals surface area contributed by atoms with E-state index in [0.717, 1.165) is 5.69 Å². The van der Waals surface area contributed by atoms with E-state index in [1.807, 2.05) is 37.3 Å². The number of ether oxygens (including phenoxy) is 2. The molecule has 3 aromatic rings. The van der Waals surface area contributed by atoms with Crippen LogP contribution in [-0.4, -0.2) is 32.6 Å². The third-order valence-corrected chi connectivity index (χ3v) is 5.32. The topological polar surface area (TPSA) is 59.1 Å². The zero-order valence-electron chi connectivity index (χ0n) is 18.2. The Balaban J connectivity index is 1.86. The highest BCUT2D eigenvalue weighted by atomic mass is 16.5. The third kappa shape index (κ3) is 3.71. The second kappa shape index (κ2) is 8.98. The zero-order chi connectivity index (χ0) is 22.7. The van der Waals surface area contributed by atoms with Crippen molar-refractivity contribution in [2.75, 3.05) is 30.6 Å². The van der Waals surface area contributed by atoms with Crippen molar-refractivity contribution in [1.82, 2.24) is 0 Å². The molecule has 3 aromatic carbocycles. The van der Waals surface area contributed by atoms with E-state index in [1.165, 1.54) is 12.0 Å². The minimum atomic E-state index is -0.408. The first-order chi connectivity index (χ1) is 15.6. The van der Waals surface area contributed by atoms with E-state index >= 15 is 0 Å². The molecule has 1 aliphatic heterocycles. The first kappa shape index (κ1) is 21.2. The number of anilines is 2. The fraction of sp³-hybridized carbons (Fsp3) is 0.154. The standard InChI is InChI=1S/C26H24N2O4/c1-4-32-20-16-14-18(15-17-20)23-24(27(2)19-10-6-5-7-11-19)26(30)28(25(23)29)21-12-8-9-13-22(21)31-3/h5-17H,4H2,1-3H3. The van der Waals surface area contributed by atoms with Gasteiger partial charge in [-0.2, -0.15) is 0 Å². The van der Waals surface area contributed by atoms with Crippen LogP contribution in [0.5, 0.6) is 11.5 Å². The summed E-state index contributed by atoms with van der Waals surface area (Å²) in [6, 6.07) is 23.7. The van der Waals surface area contributed by atoms with E-state index in [1.54, 1.807) is 60.5 Å². The summed E-state index contributed by atoms with van der Waals surface area (Å²) in [5, 5.41) is 0. The fourth-order valence-electron chi connectivity index (χ4n) is 3.79. The Morgan fingerprint density at radius 3 is 2.16 bits per heavy atom. The van der Waals surface area contributed by atoms with Crippen LogP contribution < -0.4 is 19.3 Å². The summed E-state index contributed by atoms with van der Waals surface area (Å²) in [7, 11) is 3.30. The number of nitrogens with zero attached hydrogens (tertiary/aromatic N) is 2. The van der Waals surface area contributed by atoms with Crippen LogP contribution in [0.25, 0.3) is 5.57 Å². The molecule has 0 spiro atoms. The monoisotopic (exact) mass is 428 g/mol. The van der Waals surface area contributed by atoms with Crippen LogP contribution in [0.2, 0.25) is 0 Å². The molecule has 0 fully saturated rings. The number of hydrogen-bond donors (Lipinski definition) is 0. The molecule has 162 valence electrons. The lowest BCUT2D eigenvalue weighted by Crippen LogP contribution is -2.34. The Morgan fingerprint density at radius 1 is 0.844 bits per heavy atom. The summed E-state index contributed by atoms with van der Waals surface area (Å²) in [5.41, 5.74) is 2.48. The van der Waals surface area contributed by atoms with Crippen LogP contribution in [0.4, 0.5) is 11.4 Å². The van der Waals surface area contributed by atoms with Gasteiger partial charge in [0.05, 0.1) is 25.0 Å². The highest BCUT2D eigenvalue weighted by molar-refractivity contribution is 6.46. The molecule has 1 heterocycles. The lowest BCUT2D eigenvalue weighted by atomic mass is 10.0. The highest BCUT2D eigenvalue weighted by Gasteiger charge is 2.43. The molecule has 0 saturated heterocycles. The van der Waals surface area contributed by atoms with Gasteiger partial charge in [-0.1, -0.05) is 42.5 Å². The average Bonchev–Trinajstić information content (AvgIpc) is 3.09. The maximum absolute atomic E-state index is 13.7. The van der Waals surface area contributed by atoms with Crippen molar-refractivity contribution in [3.63, 3.8) is 0 Å². The van der Waals surface area contributed by atoms with E-state index in [2.05, 4.69) is 0 Å². The van der Waals surface area contributed by atoms with Crippen LogP contribution in [0, 0.1) is 0 Å². The maximum Gasteiger partial charge on any atom is 0.282 e. The van der Waals surface area contributed by atoms with Crippen LogP contribution in [0.15, 0.2) is 84.6 Å². The predicted octanol–water partition coefficient (Wildman–Crippen LogP) is 4.51. The van der Waals surface area contributed by atoms with Gasteiger partial charge in [0.1, 0.15) is 17.2 Å². The van der Waals surface area contributed by atoms with Gasteiger partial charge in [-0.25, -0.2) is 4.90 Å². The number of carbonyl (C=O) groups is 2. The van der Waals surface area contributed by atoms with Crippen LogP contribution >= 0.6 is 0 Å². The third-order valence-electron chi connectivity index (χ3n) is 5.32. The Labute approximate surface area is 187 Å². The maximum atomic E-state index is 13.7. The molecule has 0 unspecified atom stereocenters. The minimum absolute atomic E-state index is 0.302. The Kier molecular flexibility index (Phi) is 5.94. The summed E-state index contributed by atoms with van der Waals surface area (Å²) in [6.07, 6.45) is 0. The largest absolute Gasteiger partial charge is 0.495 e. The summed E-state index contributed by atoms with van der Waals surface area (Å²) in [5.74, 6) is 0.341. The number of imide groups is 1. The molecule has 0 aromatic heterocycles. The molecule has 4 rings (SSSR count). The molecule has 0 saturated carbocycles. The van der Waals surface area contributed by atoms with Crippen molar-refractivity contribution in [2.45, 2.75) is 6.92 Å². The molecular formula is C26H24N2O4. The van der Waals surface area contributed by atoms with E-state index in [9.17, 15) is 9.59 Å². The molecule has 32 heavy (non-hydrogen) atoms. The normalized spacial score (nSPS) is 13.5. The Hall–Kier alpha value is -4.06. The molecule has 0 bridgehead atoms. The number of methoxy groups -OCH3 is 1. The van der Waals surface area contributed by atoms with Gasteiger partial charge in [-0.15, -0.1) is 0 Å². The van der Waals surface area contributed by atoms with Gasteiger partial charge in [0.25, 0.3) is 11.8 Å². The molecule has 1 aliphatic rings. The SMILES string of the molecule is CCOc1ccc(C2=C(N(C)c3ccccc3)C(=O)N(c3ccccc3OC)C2=O)cc1. The second-order valence-corrected chi connectivity index (χ2v) is 7.19. The van der Waals surface area contributed by atoms with Crippen molar-refractivity contribution >= 4 is 28.8 Å². The molecular weight excluding hydrogens is 404 g/mol. The average molecular weight is 428 g/mol. The van der Waals surface area contributed by atoms with E-state index < -0.39 is 11.8 Å².